The Labute approximate surface area is 141 Å². The van der Waals surface area contributed by atoms with Gasteiger partial charge in [-0.15, -0.1) is 0 Å². The number of anilines is 2. The van der Waals surface area contributed by atoms with Crippen LogP contribution in [0.1, 0.15) is 16.7 Å². The Bertz CT molecular complexity index is 874. The standard InChI is InChI=1S/C20H21N3O/c1-13-10-14(2)19(15(3)11-13)23-18(24)12-22-17-8-4-6-16-7-5-9-21-20(16)17/h4-11,22H,12H2,1-3H3,(H,23,24). The Morgan fingerprint density at radius 2 is 1.75 bits per heavy atom. The molecule has 0 saturated heterocycles. The highest BCUT2D eigenvalue weighted by Gasteiger charge is 2.09. The van der Waals surface area contributed by atoms with Crippen molar-refractivity contribution in [1.82, 2.24) is 4.98 Å². The highest BCUT2D eigenvalue weighted by Crippen LogP contribution is 2.22. The number of nitrogens with zero attached hydrogens (tertiary/aromatic N) is 1. The number of aromatic nitrogens is 1. The van der Waals surface area contributed by atoms with E-state index >= 15 is 0 Å². The highest BCUT2D eigenvalue weighted by molar-refractivity contribution is 5.97. The summed E-state index contributed by atoms with van der Waals surface area (Å²) in [5.41, 5.74) is 5.97. The van der Waals surface area contributed by atoms with Crippen LogP contribution in [0.25, 0.3) is 10.9 Å². The fourth-order valence-corrected chi connectivity index (χ4v) is 2.98. The predicted octanol–water partition coefficient (Wildman–Crippen LogP) is 4.21. The molecule has 0 unspecified atom stereocenters. The molecule has 0 spiro atoms. The number of hydrogen-bond donors (Lipinski definition) is 2. The molecule has 0 aliphatic rings. The quantitative estimate of drug-likeness (QED) is 0.757. The molecule has 122 valence electrons. The Kier molecular flexibility index (Phi) is 4.47. The maximum absolute atomic E-state index is 12.3. The van der Waals surface area contributed by atoms with Gasteiger partial charge in [-0.2, -0.15) is 0 Å². The third-order valence-electron chi connectivity index (χ3n) is 4.01. The van der Waals surface area contributed by atoms with Crippen molar-refractivity contribution >= 4 is 28.2 Å². The van der Waals surface area contributed by atoms with Crippen molar-refractivity contribution in [1.29, 1.82) is 0 Å². The van der Waals surface area contributed by atoms with E-state index in [2.05, 4.69) is 34.7 Å². The topological polar surface area (TPSA) is 54.0 Å². The summed E-state index contributed by atoms with van der Waals surface area (Å²) in [6, 6.07) is 14.0. The molecule has 24 heavy (non-hydrogen) atoms. The van der Waals surface area contributed by atoms with Gasteiger partial charge in [0.1, 0.15) is 0 Å². The molecule has 1 aromatic heterocycles. The number of hydrogen-bond acceptors (Lipinski definition) is 3. The van der Waals surface area contributed by atoms with Crippen LogP contribution >= 0.6 is 0 Å². The Balaban J connectivity index is 1.72. The number of carbonyl (C=O) groups excluding carboxylic acids is 1. The summed E-state index contributed by atoms with van der Waals surface area (Å²) in [6.07, 6.45) is 1.76. The van der Waals surface area contributed by atoms with Crippen molar-refractivity contribution in [2.45, 2.75) is 20.8 Å². The third kappa shape index (κ3) is 3.38. The zero-order valence-electron chi connectivity index (χ0n) is 14.2. The maximum atomic E-state index is 12.3. The average Bonchev–Trinajstić information content (AvgIpc) is 2.56. The first-order chi connectivity index (χ1) is 11.5. The van der Waals surface area contributed by atoms with Gasteiger partial charge in [0.2, 0.25) is 5.91 Å². The Morgan fingerprint density at radius 1 is 1.04 bits per heavy atom. The molecule has 0 saturated carbocycles. The highest BCUT2D eigenvalue weighted by atomic mass is 16.1. The van der Waals surface area contributed by atoms with E-state index in [-0.39, 0.29) is 12.5 Å². The third-order valence-corrected chi connectivity index (χ3v) is 4.01. The number of amides is 1. The number of nitrogens with one attached hydrogen (secondary N) is 2. The molecule has 0 fully saturated rings. The number of fused-ring (bicyclic) bond motifs is 1. The van der Waals surface area contributed by atoms with Crippen LogP contribution in [0, 0.1) is 20.8 Å². The molecule has 0 aliphatic carbocycles. The molecule has 2 N–H and O–H groups in total. The van der Waals surface area contributed by atoms with Crippen molar-refractivity contribution in [3.05, 3.63) is 65.4 Å². The van der Waals surface area contributed by atoms with Crippen molar-refractivity contribution in [3.63, 3.8) is 0 Å². The second kappa shape index (κ2) is 6.71. The van der Waals surface area contributed by atoms with Gasteiger partial charge in [0, 0.05) is 17.3 Å². The van der Waals surface area contributed by atoms with Crippen molar-refractivity contribution in [3.8, 4) is 0 Å². The SMILES string of the molecule is Cc1cc(C)c(NC(=O)CNc2cccc3cccnc23)c(C)c1. The van der Waals surface area contributed by atoms with Crippen LogP contribution in [-0.2, 0) is 4.79 Å². The van der Waals surface area contributed by atoms with Crippen LogP contribution in [0.2, 0.25) is 0 Å². The molecular weight excluding hydrogens is 298 g/mol. The number of para-hydroxylation sites is 1. The summed E-state index contributed by atoms with van der Waals surface area (Å²) >= 11 is 0. The van der Waals surface area contributed by atoms with E-state index < -0.39 is 0 Å². The zero-order valence-corrected chi connectivity index (χ0v) is 14.2. The molecule has 3 aromatic rings. The molecule has 4 nitrogen and oxygen atoms in total. The fraction of sp³-hybridized carbons (Fsp3) is 0.200. The number of carbonyl (C=O) groups is 1. The normalized spacial score (nSPS) is 10.6. The lowest BCUT2D eigenvalue weighted by Crippen LogP contribution is -2.22. The van der Waals surface area contributed by atoms with Crippen LogP contribution in [0.3, 0.4) is 0 Å². The Morgan fingerprint density at radius 3 is 2.50 bits per heavy atom. The van der Waals surface area contributed by atoms with E-state index in [4.69, 9.17) is 0 Å². The largest absolute Gasteiger partial charge is 0.374 e. The Hall–Kier alpha value is -2.88. The van der Waals surface area contributed by atoms with Gasteiger partial charge in [0.25, 0.3) is 0 Å². The van der Waals surface area contributed by atoms with E-state index in [1.54, 1.807) is 6.20 Å². The summed E-state index contributed by atoms with van der Waals surface area (Å²) in [4.78, 5) is 16.7. The van der Waals surface area contributed by atoms with Gasteiger partial charge in [0.05, 0.1) is 17.7 Å². The summed E-state index contributed by atoms with van der Waals surface area (Å²) < 4.78 is 0. The second-order valence-electron chi connectivity index (χ2n) is 6.06. The van der Waals surface area contributed by atoms with Crippen LogP contribution < -0.4 is 10.6 Å². The molecule has 1 heterocycles. The molecule has 2 aromatic carbocycles. The minimum atomic E-state index is -0.0713. The van der Waals surface area contributed by atoms with Gasteiger partial charge in [-0.1, -0.05) is 35.9 Å². The number of benzene rings is 2. The van der Waals surface area contributed by atoms with E-state index in [1.165, 1.54) is 5.56 Å². The molecule has 0 aliphatic heterocycles. The predicted molar refractivity (Wildman–Crippen MR) is 99.5 cm³/mol. The zero-order chi connectivity index (χ0) is 17.1. The van der Waals surface area contributed by atoms with Crippen molar-refractivity contribution in [2.24, 2.45) is 0 Å². The first-order valence-corrected chi connectivity index (χ1v) is 8.00. The second-order valence-corrected chi connectivity index (χ2v) is 6.06. The molecule has 0 atom stereocenters. The monoisotopic (exact) mass is 319 g/mol. The lowest BCUT2D eigenvalue weighted by molar-refractivity contribution is -0.114. The number of rotatable bonds is 4. The molecular formula is C20H21N3O. The average molecular weight is 319 g/mol. The smallest absolute Gasteiger partial charge is 0.243 e. The maximum Gasteiger partial charge on any atom is 0.243 e. The van der Waals surface area contributed by atoms with E-state index in [9.17, 15) is 4.79 Å². The first-order valence-electron chi connectivity index (χ1n) is 8.00. The van der Waals surface area contributed by atoms with Gasteiger partial charge in [0.15, 0.2) is 0 Å². The summed E-state index contributed by atoms with van der Waals surface area (Å²) in [5.74, 6) is -0.0713. The van der Waals surface area contributed by atoms with Gasteiger partial charge in [-0.05, 0) is 44.0 Å². The van der Waals surface area contributed by atoms with E-state index in [0.717, 1.165) is 33.4 Å². The fourth-order valence-electron chi connectivity index (χ4n) is 2.98. The minimum absolute atomic E-state index is 0.0713. The van der Waals surface area contributed by atoms with Crippen LogP contribution in [0.5, 0.6) is 0 Å². The first kappa shape index (κ1) is 16.0. The van der Waals surface area contributed by atoms with Crippen molar-refractivity contribution in [2.75, 3.05) is 17.2 Å². The summed E-state index contributed by atoms with van der Waals surface area (Å²) in [6.45, 7) is 6.28. The van der Waals surface area contributed by atoms with E-state index in [1.807, 2.05) is 44.2 Å². The number of pyridine rings is 1. The summed E-state index contributed by atoms with van der Waals surface area (Å²) in [5, 5.41) is 7.23. The lowest BCUT2D eigenvalue weighted by atomic mass is 10.1. The molecule has 0 radical (unpaired) electrons. The van der Waals surface area contributed by atoms with Crippen LogP contribution in [0.15, 0.2) is 48.7 Å². The van der Waals surface area contributed by atoms with Gasteiger partial charge < -0.3 is 10.6 Å². The molecule has 4 heteroatoms. The van der Waals surface area contributed by atoms with Gasteiger partial charge in [-0.3, -0.25) is 9.78 Å². The molecule has 3 rings (SSSR count). The van der Waals surface area contributed by atoms with Gasteiger partial charge in [-0.25, -0.2) is 0 Å². The molecule has 1 amide bonds. The summed E-state index contributed by atoms with van der Waals surface area (Å²) in [7, 11) is 0. The molecule has 0 bridgehead atoms. The van der Waals surface area contributed by atoms with Crippen molar-refractivity contribution < 1.29 is 4.79 Å². The van der Waals surface area contributed by atoms with Crippen LogP contribution in [0.4, 0.5) is 11.4 Å². The van der Waals surface area contributed by atoms with E-state index in [0.29, 0.717) is 0 Å². The van der Waals surface area contributed by atoms with Gasteiger partial charge >= 0.3 is 0 Å². The van der Waals surface area contributed by atoms with Crippen LogP contribution in [-0.4, -0.2) is 17.4 Å². The lowest BCUT2D eigenvalue weighted by Gasteiger charge is -2.14. The number of aryl methyl sites for hydroxylation is 3. The minimum Gasteiger partial charge on any atom is -0.374 e.